The van der Waals surface area contributed by atoms with E-state index < -0.39 is 12.0 Å². The van der Waals surface area contributed by atoms with Gasteiger partial charge in [-0.2, -0.15) is 0 Å². The van der Waals surface area contributed by atoms with Gasteiger partial charge in [-0.05, 0) is 56.6 Å². The summed E-state index contributed by atoms with van der Waals surface area (Å²) in [5, 5.41) is 7.49. The Morgan fingerprint density at radius 2 is 1.68 bits per heavy atom. The molecular weight excluding hydrogens is 512 g/mol. The highest BCUT2D eigenvalue weighted by molar-refractivity contribution is 5.92. The van der Waals surface area contributed by atoms with E-state index in [1.54, 1.807) is 6.20 Å². The van der Waals surface area contributed by atoms with E-state index in [9.17, 15) is 8.78 Å². The van der Waals surface area contributed by atoms with E-state index in [0.29, 0.717) is 11.9 Å². The number of hydrogen-bond acceptors (Lipinski definition) is 5. The molecule has 3 aliphatic heterocycles. The number of H-pyrrole nitrogens is 2. The molecule has 2 fully saturated rings. The molecule has 40 heavy (non-hydrogen) atoms. The molecular formula is C30H29F2N7O. The molecule has 3 aromatic heterocycles. The summed E-state index contributed by atoms with van der Waals surface area (Å²) < 4.78 is 36.0. The summed E-state index contributed by atoms with van der Waals surface area (Å²) in [6.45, 7) is 2.76. The van der Waals surface area contributed by atoms with Crippen LogP contribution in [0.5, 0.6) is 5.75 Å². The van der Waals surface area contributed by atoms with Crippen molar-refractivity contribution >= 4 is 10.9 Å². The van der Waals surface area contributed by atoms with Crippen molar-refractivity contribution in [2.24, 2.45) is 0 Å². The molecule has 4 N–H and O–H groups in total. The van der Waals surface area contributed by atoms with Crippen LogP contribution in [0.25, 0.3) is 44.7 Å². The Hall–Kier alpha value is -4.02. The van der Waals surface area contributed by atoms with Crippen LogP contribution >= 0.6 is 0 Å². The summed E-state index contributed by atoms with van der Waals surface area (Å²) in [7, 11) is 0. The first-order valence-electron chi connectivity index (χ1n) is 13.8. The number of aromatic nitrogens is 5. The summed E-state index contributed by atoms with van der Waals surface area (Å²) in [5.74, 6) is -0.401. The van der Waals surface area contributed by atoms with Crippen molar-refractivity contribution in [2.75, 3.05) is 13.1 Å². The van der Waals surface area contributed by atoms with Gasteiger partial charge in [0.1, 0.15) is 17.4 Å². The molecule has 10 heteroatoms. The van der Waals surface area contributed by atoms with Crippen LogP contribution < -0.4 is 15.4 Å². The number of alkyl halides is 2. The van der Waals surface area contributed by atoms with Crippen molar-refractivity contribution in [1.82, 2.24) is 35.1 Å². The highest BCUT2D eigenvalue weighted by Crippen LogP contribution is 2.44. The summed E-state index contributed by atoms with van der Waals surface area (Å²) in [6, 6.07) is 14.6. The topological polar surface area (TPSA) is 95.6 Å². The lowest BCUT2D eigenvalue weighted by atomic mass is 10.0. The third kappa shape index (κ3) is 3.85. The van der Waals surface area contributed by atoms with Crippen molar-refractivity contribution in [1.29, 1.82) is 0 Å². The Morgan fingerprint density at radius 1 is 0.925 bits per heavy atom. The minimum Gasteiger partial charge on any atom is -0.470 e. The lowest BCUT2D eigenvalue weighted by molar-refractivity contribution is 0.0208. The SMILES string of the molecule is CC1Oc2cc(-c3cnc(C4CC(F)(F)CN4)[nH]3)ccc2-c2cc3cc(-c4cnc(C5CCCN5)[nH]4)ccc3n21. The van der Waals surface area contributed by atoms with Gasteiger partial charge >= 0.3 is 0 Å². The standard InChI is InChI=1S/C30H29F2N7O/c1-16-39-25-7-5-17(23-13-34-28(37-23)21-3-2-8-33-21)9-19(25)10-26(39)20-6-4-18(11-27(20)40-16)24-14-35-29(38-24)22-12-30(31,32)15-36-22/h4-7,9-11,13-14,16,21-22,33,36H,2-3,8,12,15H2,1H3,(H,34,37)(H,35,38). The lowest BCUT2D eigenvalue weighted by Gasteiger charge is -2.27. The smallest absolute Gasteiger partial charge is 0.262 e. The zero-order valence-corrected chi connectivity index (χ0v) is 22.0. The van der Waals surface area contributed by atoms with Crippen molar-refractivity contribution in [3.63, 3.8) is 0 Å². The number of rotatable bonds is 4. The van der Waals surface area contributed by atoms with E-state index in [0.717, 1.165) is 69.2 Å². The molecule has 0 bridgehead atoms. The Labute approximate surface area is 229 Å². The van der Waals surface area contributed by atoms with Crippen LogP contribution in [-0.2, 0) is 0 Å². The van der Waals surface area contributed by atoms with Crippen LogP contribution in [0.3, 0.4) is 0 Å². The van der Waals surface area contributed by atoms with E-state index in [1.165, 1.54) is 6.42 Å². The summed E-state index contributed by atoms with van der Waals surface area (Å²) in [5.41, 5.74) is 6.99. The van der Waals surface area contributed by atoms with Crippen molar-refractivity contribution < 1.29 is 13.5 Å². The Bertz CT molecular complexity index is 1750. The number of hydrogen-bond donors (Lipinski definition) is 4. The van der Waals surface area contributed by atoms with Crippen LogP contribution in [0.4, 0.5) is 8.78 Å². The number of fused-ring (bicyclic) bond motifs is 5. The molecule has 2 saturated heterocycles. The van der Waals surface area contributed by atoms with Gasteiger partial charge in [0.2, 0.25) is 0 Å². The number of nitrogens with zero attached hydrogens (tertiary/aromatic N) is 3. The van der Waals surface area contributed by atoms with Gasteiger partial charge in [-0.25, -0.2) is 18.7 Å². The molecule has 0 spiro atoms. The van der Waals surface area contributed by atoms with Crippen molar-refractivity contribution in [3.05, 3.63) is 66.5 Å². The zero-order chi connectivity index (χ0) is 27.0. The van der Waals surface area contributed by atoms with E-state index in [2.05, 4.69) is 65.5 Å². The zero-order valence-electron chi connectivity index (χ0n) is 22.0. The Balaban J connectivity index is 1.11. The summed E-state index contributed by atoms with van der Waals surface area (Å²) in [6.07, 6.45) is 5.45. The molecule has 3 aliphatic rings. The number of halogens is 2. The monoisotopic (exact) mass is 541 g/mol. The van der Waals surface area contributed by atoms with E-state index in [-0.39, 0.29) is 19.2 Å². The van der Waals surface area contributed by atoms with Crippen LogP contribution in [0.2, 0.25) is 0 Å². The molecule has 6 heterocycles. The number of benzene rings is 2. The van der Waals surface area contributed by atoms with Crippen molar-refractivity contribution in [3.8, 4) is 39.5 Å². The number of aromatic amines is 2. The molecule has 0 radical (unpaired) electrons. The van der Waals surface area contributed by atoms with Gasteiger partial charge in [0, 0.05) is 28.5 Å². The van der Waals surface area contributed by atoms with E-state index in [1.807, 2.05) is 25.3 Å². The maximum Gasteiger partial charge on any atom is 0.262 e. The van der Waals surface area contributed by atoms with Crippen molar-refractivity contribution in [2.45, 2.75) is 50.4 Å². The Kier molecular flexibility index (Phi) is 5.21. The second-order valence-electron chi connectivity index (χ2n) is 11.1. The molecule has 0 saturated carbocycles. The fraction of sp³-hybridized carbons (Fsp3) is 0.333. The first-order chi connectivity index (χ1) is 19.4. The van der Waals surface area contributed by atoms with Crippen LogP contribution in [0.15, 0.2) is 54.9 Å². The van der Waals surface area contributed by atoms with Crippen LogP contribution in [-0.4, -0.2) is 43.5 Å². The molecule has 3 atom stereocenters. The minimum absolute atomic E-state index is 0.199. The van der Waals surface area contributed by atoms with Gasteiger partial charge in [-0.1, -0.05) is 12.1 Å². The normalized spacial score (nSPS) is 23.3. The summed E-state index contributed by atoms with van der Waals surface area (Å²) >= 11 is 0. The molecule has 204 valence electrons. The summed E-state index contributed by atoms with van der Waals surface area (Å²) in [4.78, 5) is 15.8. The Morgan fingerprint density at radius 3 is 2.40 bits per heavy atom. The fourth-order valence-corrected chi connectivity index (χ4v) is 6.39. The first-order valence-corrected chi connectivity index (χ1v) is 13.8. The third-order valence-electron chi connectivity index (χ3n) is 8.40. The molecule has 8 rings (SSSR count). The highest BCUT2D eigenvalue weighted by atomic mass is 19.3. The second-order valence-corrected chi connectivity index (χ2v) is 11.1. The van der Waals surface area contributed by atoms with Gasteiger partial charge in [-0.15, -0.1) is 0 Å². The first kappa shape index (κ1) is 23.8. The maximum atomic E-state index is 13.7. The van der Waals surface area contributed by atoms with Gasteiger partial charge in [0.15, 0.2) is 6.23 Å². The van der Waals surface area contributed by atoms with Gasteiger partial charge in [-0.3, -0.25) is 0 Å². The van der Waals surface area contributed by atoms with E-state index >= 15 is 0 Å². The molecule has 0 amide bonds. The highest BCUT2D eigenvalue weighted by Gasteiger charge is 2.41. The predicted octanol–water partition coefficient (Wildman–Crippen LogP) is 6.09. The van der Waals surface area contributed by atoms with Crippen LogP contribution in [0, 0.1) is 0 Å². The second kappa shape index (κ2) is 8.74. The van der Waals surface area contributed by atoms with Gasteiger partial charge < -0.3 is 29.9 Å². The lowest BCUT2D eigenvalue weighted by Crippen LogP contribution is -2.19. The average molecular weight is 542 g/mol. The largest absolute Gasteiger partial charge is 0.470 e. The molecule has 8 nitrogen and oxygen atoms in total. The fourth-order valence-electron chi connectivity index (χ4n) is 6.39. The van der Waals surface area contributed by atoms with Gasteiger partial charge in [0.25, 0.3) is 5.92 Å². The average Bonchev–Trinajstić information content (AvgIpc) is 3.76. The molecule has 5 aromatic rings. The minimum atomic E-state index is -2.71. The number of ether oxygens (including phenoxy) is 1. The number of imidazole rings is 2. The maximum absolute atomic E-state index is 13.7. The molecule has 2 aromatic carbocycles. The van der Waals surface area contributed by atoms with E-state index in [4.69, 9.17) is 4.74 Å². The molecule has 0 aliphatic carbocycles. The van der Waals surface area contributed by atoms with Gasteiger partial charge in [0.05, 0.1) is 53.6 Å². The van der Waals surface area contributed by atoms with Crippen LogP contribution in [0.1, 0.15) is 56.1 Å². The third-order valence-corrected chi connectivity index (χ3v) is 8.40. The molecule has 3 unspecified atom stereocenters. The predicted molar refractivity (Wildman–Crippen MR) is 148 cm³/mol. The number of nitrogens with one attached hydrogen (secondary N) is 4. The quantitative estimate of drug-likeness (QED) is 0.221.